The SMILES string of the molecule is COCCNC(=O)NC(=O)COC(=O)c1c(-c2c(F)cccc2Cl)noc1C. The average Bonchev–Trinajstić information content (AvgIpc) is 3.01. The molecule has 0 aliphatic carbocycles. The number of hydrogen-bond acceptors (Lipinski definition) is 7. The molecule has 2 N–H and O–H groups in total. The molecule has 9 nitrogen and oxygen atoms in total. The molecule has 3 amide bonds. The van der Waals surface area contributed by atoms with E-state index < -0.39 is 30.3 Å². The summed E-state index contributed by atoms with van der Waals surface area (Å²) in [5, 5.41) is 8.03. The van der Waals surface area contributed by atoms with Gasteiger partial charge in [0.2, 0.25) is 0 Å². The van der Waals surface area contributed by atoms with Gasteiger partial charge in [-0.1, -0.05) is 22.8 Å². The van der Waals surface area contributed by atoms with Gasteiger partial charge in [0.25, 0.3) is 5.91 Å². The normalized spacial score (nSPS) is 10.4. The number of amides is 3. The van der Waals surface area contributed by atoms with Gasteiger partial charge in [0.05, 0.1) is 17.2 Å². The first-order valence-corrected chi connectivity index (χ1v) is 8.37. The lowest BCUT2D eigenvalue weighted by Crippen LogP contribution is -2.42. The highest BCUT2D eigenvalue weighted by Gasteiger charge is 2.27. The highest BCUT2D eigenvalue weighted by molar-refractivity contribution is 6.33. The second-order valence-corrected chi connectivity index (χ2v) is 5.84. The van der Waals surface area contributed by atoms with Crippen LogP contribution < -0.4 is 10.6 Å². The van der Waals surface area contributed by atoms with Gasteiger partial charge in [0.15, 0.2) is 6.61 Å². The Balaban J connectivity index is 2.05. The number of hydrogen-bond donors (Lipinski definition) is 2. The average molecular weight is 414 g/mol. The van der Waals surface area contributed by atoms with Crippen molar-refractivity contribution in [2.75, 3.05) is 26.9 Å². The first kappa shape index (κ1) is 21.3. The summed E-state index contributed by atoms with van der Waals surface area (Å²) in [6, 6.07) is 3.21. The summed E-state index contributed by atoms with van der Waals surface area (Å²) in [5.41, 5.74) is -0.456. The molecule has 0 saturated carbocycles. The Morgan fingerprint density at radius 1 is 1.32 bits per heavy atom. The molecule has 150 valence electrons. The van der Waals surface area contributed by atoms with Crippen molar-refractivity contribution in [3.8, 4) is 11.3 Å². The molecular formula is C17H17ClFN3O6. The molecule has 11 heteroatoms. The number of urea groups is 1. The summed E-state index contributed by atoms with van der Waals surface area (Å²) in [4.78, 5) is 35.5. The molecule has 0 aliphatic heterocycles. The number of aryl methyl sites for hydroxylation is 1. The Morgan fingerprint density at radius 3 is 2.75 bits per heavy atom. The minimum atomic E-state index is -0.983. The predicted octanol–water partition coefficient (Wildman–Crippen LogP) is 2.07. The van der Waals surface area contributed by atoms with Gasteiger partial charge in [-0.05, 0) is 19.1 Å². The van der Waals surface area contributed by atoms with Crippen LogP contribution in [0, 0.1) is 12.7 Å². The Labute approximate surface area is 164 Å². The standard InChI is InChI=1S/C17H17ClFN3O6/c1-9-13(15(22-28-9)14-10(18)4-3-5-11(14)19)16(24)27-8-12(23)21-17(25)20-6-7-26-2/h3-5H,6-8H2,1-2H3,(H2,20,21,23,25). The molecular weight excluding hydrogens is 397 g/mol. The smallest absolute Gasteiger partial charge is 0.344 e. The van der Waals surface area contributed by atoms with Gasteiger partial charge < -0.3 is 19.3 Å². The molecule has 0 saturated heterocycles. The van der Waals surface area contributed by atoms with Gasteiger partial charge in [-0.3, -0.25) is 10.1 Å². The van der Waals surface area contributed by atoms with Crippen LogP contribution in [0.3, 0.4) is 0 Å². The monoisotopic (exact) mass is 413 g/mol. The van der Waals surface area contributed by atoms with Gasteiger partial charge in [0, 0.05) is 13.7 Å². The third-order valence-corrected chi connectivity index (χ3v) is 3.76. The van der Waals surface area contributed by atoms with E-state index in [9.17, 15) is 18.8 Å². The van der Waals surface area contributed by atoms with E-state index in [4.69, 9.17) is 25.6 Å². The van der Waals surface area contributed by atoms with Crippen molar-refractivity contribution in [3.05, 3.63) is 40.4 Å². The van der Waals surface area contributed by atoms with E-state index in [1.54, 1.807) is 0 Å². The van der Waals surface area contributed by atoms with E-state index in [0.29, 0.717) is 0 Å². The number of imide groups is 1. The molecule has 1 aromatic heterocycles. The molecule has 0 radical (unpaired) electrons. The first-order chi connectivity index (χ1) is 13.3. The molecule has 1 heterocycles. The molecule has 0 aliphatic rings. The zero-order valence-corrected chi connectivity index (χ0v) is 15.8. The number of methoxy groups -OCH3 is 1. The number of nitrogens with zero attached hydrogens (tertiary/aromatic N) is 1. The molecule has 1 aromatic carbocycles. The van der Waals surface area contributed by atoms with Crippen LogP contribution >= 0.6 is 11.6 Å². The van der Waals surface area contributed by atoms with Gasteiger partial charge in [0.1, 0.15) is 22.8 Å². The second-order valence-electron chi connectivity index (χ2n) is 5.43. The van der Waals surface area contributed by atoms with Crippen molar-refractivity contribution >= 4 is 29.5 Å². The molecule has 2 rings (SSSR count). The van der Waals surface area contributed by atoms with Gasteiger partial charge in [-0.2, -0.15) is 0 Å². The molecule has 0 unspecified atom stereocenters. The third kappa shape index (κ3) is 5.27. The zero-order valence-electron chi connectivity index (χ0n) is 15.0. The number of benzene rings is 1. The highest BCUT2D eigenvalue weighted by Crippen LogP contribution is 2.33. The van der Waals surface area contributed by atoms with Crippen molar-refractivity contribution in [2.45, 2.75) is 6.92 Å². The second kappa shape index (κ2) is 9.81. The van der Waals surface area contributed by atoms with E-state index in [1.807, 2.05) is 5.32 Å². The maximum atomic E-state index is 14.1. The largest absolute Gasteiger partial charge is 0.452 e. The van der Waals surface area contributed by atoms with Crippen LogP contribution in [-0.4, -0.2) is 49.9 Å². The minimum absolute atomic E-state index is 0.0211. The van der Waals surface area contributed by atoms with Crippen LogP contribution in [0.4, 0.5) is 9.18 Å². The molecule has 0 spiro atoms. The Hall–Kier alpha value is -2.98. The number of halogens is 2. The van der Waals surface area contributed by atoms with E-state index in [0.717, 1.165) is 6.07 Å². The summed E-state index contributed by atoms with van der Waals surface area (Å²) >= 11 is 6.00. The molecule has 28 heavy (non-hydrogen) atoms. The summed E-state index contributed by atoms with van der Waals surface area (Å²) in [5.74, 6) is -2.50. The van der Waals surface area contributed by atoms with Crippen LogP contribution in [0.15, 0.2) is 22.7 Å². The Bertz CT molecular complexity index is 866. The maximum Gasteiger partial charge on any atom is 0.344 e. The topological polar surface area (TPSA) is 120 Å². The predicted molar refractivity (Wildman–Crippen MR) is 95.3 cm³/mol. The van der Waals surface area contributed by atoms with Crippen molar-refractivity contribution in [1.82, 2.24) is 15.8 Å². The van der Waals surface area contributed by atoms with Crippen molar-refractivity contribution in [2.24, 2.45) is 0 Å². The quantitative estimate of drug-likeness (QED) is 0.526. The van der Waals surface area contributed by atoms with Gasteiger partial charge in [-0.15, -0.1) is 0 Å². The number of carbonyl (C=O) groups excluding carboxylic acids is 3. The van der Waals surface area contributed by atoms with Crippen LogP contribution in [-0.2, 0) is 14.3 Å². The number of nitrogens with one attached hydrogen (secondary N) is 2. The molecule has 0 fully saturated rings. The van der Waals surface area contributed by atoms with E-state index in [-0.39, 0.29) is 40.8 Å². The van der Waals surface area contributed by atoms with Crippen molar-refractivity contribution in [1.29, 1.82) is 0 Å². The fraction of sp³-hybridized carbons (Fsp3) is 0.294. The lowest BCUT2D eigenvalue weighted by Gasteiger charge is -2.08. The molecule has 2 aromatic rings. The number of aromatic nitrogens is 1. The van der Waals surface area contributed by atoms with E-state index >= 15 is 0 Å². The van der Waals surface area contributed by atoms with Crippen LogP contribution in [0.5, 0.6) is 0 Å². The van der Waals surface area contributed by atoms with Gasteiger partial charge >= 0.3 is 12.0 Å². The zero-order chi connectivity index (χ0) is 20.7. The Kier molecular flexibility index (Phi) is 7.47. The van der Waals surface area contributed by atoms with Crippen LogP contribution in [0.2, 0.25) is 5.02 Å². The fourth-order valence-corrected chi connectivity index (χ4v) is 2.44. The van der Waals surface area contributed by atoms with Crippen LogP contribution in [0.1, 0.15) is 16.1 Å². The summed E-state index contributed by atoms with van der Waals surface area (Å²) in [7, 11) is 1.46. The maximum absolute atomic E-state index is 14.1. The molecule has 0 atom stereocenters. The van der Waals surface area contributed by atoms with E-state index in [2.05, 4.69) is 10.5 Å². The van der Waals surface area contributed by atoms with Crippen LogP contribution in [0.25, 0.3) is 11.3 Å². The number of esters is 1. The third-order valence-electron chi connectivity index (χ3n) is 3.45. The summed E-state index contributed by atoms with van der Waals surface area (Å²) in [6.45, 7) is 1.14. The first-order valence-electron chi connectivity index (χ1n) is 7.99. The van der Waals surface area contributed by atoms with Gasteiger partial charge in [-0.25, -0.2) is 14.0 Å². The fourth-order valence-electron chi connectivity index (χ4n) is 2.18. The lowest BCUT2D eigenvalue weighted by atomic mass is 10.1. The highest BCUT2D eigenvalue weighted by atomic mass is 35.5. The van der Waals surface area contributed by atoms with Crippen molar-refractivity contribution < 1.29 is 32.8 Å². The van der Waals surface area contributed by atoms with E-state index in [1.165, 1.54) is 26.2 Å². The Morgan fingerprint density at radius 2 is 2.07 bits per heavy atom. The molecule has 0 bridgehead atoms. The number of ether oxygens (including phenoxy) is 2. The number of carbonyl (C=O) groups is 3. The number of rotatable bonds is 7. The lowest BCUT2D eigenvalue weighted by molar-refractivity contribution is -0.123. The van der Waals surface area contributed by atoms with Crippen molar-refractivity contribution in [3.63, 3.8) is 0 Å². The minimum Gasteiger partial charge on any atom is -0.452 e. The summed E-state index contributed by atoms with van der Waals surface area (Å²) in [6.07, 6.45) is 0. The summed E-state index contributed by atoms with van der Waals surface area (Å²) < 4.78 is 28.7.